The van der Waals surface area contributed by atoms with Crippen LogP contribution in [0.4, 0.5) is 0 Å². The molecule has 2 aliphatic carbocycles. The normalized spacial score (nSPS) is 36.1. The smallest absolute Gasteiger partial charge is 0.184 e. The molecule has 0 aromatic carbocycles. The molecule has 0 saturated heterocycles. The molecule has 3 atom stereocenters. The maximum atomic E-state index is 5.33. The standard InChI is InChI=1S/C10H17N3S/c1-6(12-13-10(11)14)9-5-7-2-3-8(9)4-7/h7-9H,2-5H2,1H3,(H3,11,13,14)/b12-6+. The van der Waals surface area contributed by atoms with Crippen molar-refractivity contribution < 1.29 is 0 Å². The molecule has 0 aromatic heterocycles. The van der Waals surface area contributed by atoms with E-state index in [1.165, 1.54) is 31.4 Å². The van der Waals surface area contributed by atoms with E-state index in [-0.39, 0.29) is 5.11 Å². The lowest BCUT2D eigenvalue weighted by atomic mass is 9.86. The molecule has 2 bridgehead atoms. The minimum Gasteiger partial charge on any atom is -0.375 e. The lowest BCUT2D eigenvalue weighted by Crippen LogP contribution is -2.28. The van der Waals surface area contributed by atoms with Crippen molar-refractivity contribution in [1.82, 2.24) is 5.43 Å². The summed E-state index contributed by atoms with van der Waals surface area (Å²) >= 11 is 4.71. The summed E-state index contributed by atoms with van der Waals surface area (Å²) in [5.41, 5.74) is 9.18. The average molecular weight is 211 g/mol. The number of hydrogen-bond donors (Lipinski definition) is 2. The van der Waals surface area contributed by atoms with Crippen LogP contribution in [0.25, 0.3) is 0 Å². The summed E-state index contributed by atoms with van der Waals surface area (Å²) in [4.78, 5) is 0. The van der Waals surface area contributed by atoms with Gasteiger partial charge in [-0.1, -0.05) is 6.42 Å². The Bertz CT molecular complexity index is 275. The van der Waals surface area contributed by atoms with Gasteiger partial charge in [0.2, 0.25) is 0 Å². The highest BCUT2D eigenvalue weighted by molar-refractivity contribution is 7.80. The molecule has 2 fully saturated rings. The van der Waals surface area contributed by atoms with Crippen molar-refractivity contribution in [2.75, 3.05) is 0 Å². The first-order valence-electron chi connectivity index (χ1n) is 5.26. The molecule has 0 aromatic rings. The molecule has 0 aliphatic heterocycles. The molecule has 0 radical (unpaired) electrons. The van der Waals surface area contributed by atoms with Crippen molar-refractivity contribution in [3.63, 3.8) is 0 Å². The largest absolute Gasteiger partial charge is 0.375 e. The Morgan fingerprint density at radius 3 is 2.71 bits per heavy atom. The lowest BCUT2D eigenvalue weighted by molar-refractivity contribution is 0.413. The summed E-state index contributed by atoms with van der Waals surface area (Å²) in [6, 6.07) is 0. The third-order valence-corrected chi connectivity index (χ3v) is 3.71. The van der Waals surface area contributed by atoms with Crippen molar-refractivity contribution in [3.05, 3.63) is 0 Å². The fourth-order valence-electron chi connectivity index (χ4n) is 2.98. The highest BCUT2D eigenvalue weighted by Gasteiger charge is 2.40. The van der Waals surface area contributed by atoms with E-state index in [2.05, 4.69) is 17.5 Å². The second-order valence-corrected chi connectivity index (χ2v) is 4.95. The van der Waals surface area contributed by atoms with Crippen LogP contribution in [0, 0.1) is 17.8 Å². The first kappa shape index (κ1) is 9.90. The molecular formula is C10H17N3S. The van der Waals surface area contributed by atoms with E-state index >= 15 is 0 Å². The summed E-state index contributed by atoms with van der Waals surface area (Å²) in [6.07, 6.45) is 5.54. The number of rotatable bonds is 2. The second-order valence-electron chi connectivity index (χ2n) is 4.51. The van der Waals surface area contributed by atoms with Crippen LogP contribution in [-0.2, 0) is 0 Å². The van der Waals surface area contributed by atoms with Gasteiger partial charge in [0, 0.05) is 11.6 Å². The van der Waals surface area contributed by atoms with Crippen LogP contribution >= 0.6 is 12.2 Å². The molecule has 14 heavy (non-hydrogen) atoms. The van der Waals surface area contributed by atoms with Gasteiger partial charge in [-0.25, -0.2) is 0 Å². The Morgan fingerprint density at radius 2 is 2.21 bits per heavy atom. The Hall–Kier alpha value is -0.640. The molecule has 2 saturated carbocycles. The van der Waals surface area contributed by atoms with E-state index in [4.69, 9.17) is 18.0 Å². The molecule has 2 aliphatic rings. The van der Waals surface area contributed by atoms with Crippen molar-refractivity contribution >= 4 is 23.0 Å². The number of nitrogens with one attached hydrogen (secondary N) is 1. The first-order valence-corrected chi connectivity index (χ1v) is 5.67. The van der Waals surface area contributed by atoms with Crippen LogP contribution in [0.5, 0.6) is 0 Å². The monoisotopic (exact) mass is 211 g/mol. The van der Waals surface area contributed by atoms with Gasteiger partial charge in [-0.05, 0) is 50.2 Å². The van der Waals surface area contributed by atoms with Crippen molar-refractivity contribution in [1.29, 1.82) is 0 Å². The van der Waals surface area contributed by atoms with Crippen LogP contribution in [-0.4, -0.2) is 10.8 Å². The molecule has 3 nitrogen and oxygen atoms in total. The van der Waals surface area contributed by atoms with Gasteiger partial charge in [0.15, 0.2) is 5.11 Å². The summed E-state index contributed by atoms with van der Waals surface area (Å²) in [6.45, 7) is 2.08. The van der Waals surface area contributed by atoms with Crippen molar-refractivity contribution in [2.45, 2.75) is 32.6 Å². The Kier molecular flexibility index (Phi) is 2.72. The minimum absolute atomic E-state index is 0.257. The highest BCUT2D eigenvalue weighted by Crippen LogP contribution is 2.48. The Balaban J connectivity index is 1.95. The number of nitrogens with two attached hydrogens (primary N) is 1. The zero-order valence-electron chi connectivity index (χ0n) is 8.49. The molecule has 3 unspecified atom stereocenters. The van der Waals surface area contributed by atoms with E-state index in [9.17, 15) is 0 Å². The fraction of sp³-hybridized carbons (Fsp3) is 0.800. The van der Waals surface area contributed by atoms with Gasteiger partial charge in [-0.2, -0.15) is 5.10 Å². The molecule has 0 amide bonds. The van der Waals surface area contributed by atoms with Gasteiger partial charge in [0.05, 0.1) is 0 Å². The van der Waals surface area contributed by atoms with E-state index in [0.29, 0.717) is 5.92 Å². The zero-order chi connectivity index (χ0) is 10.1. The third-order valence-electron chi connectivity index (χ3n) is 3.62. The molecule has 0 spiro atoms. The average Bonchev–Trinajstić information content (AvgIpc) is 2.74. The van der Waals surface area contributed by atoms with Crippen molar-refractivity contribution in [2.24, 2.45) is 28.6 Å². The van der Waals surface area contributed by atoms with E-state index < -0.39 is 0 Å². The van der Waals surface area contributed by atoms with Gasteiger partial charge in [0.25, 0.3) is 0 Å². The maximum Gasteiger partial charge on any atom is 0.184 e. The van der Waals surface area contributed by atoms with Crippen molar-refractivity contribution in [3.8, 4) is 0 Å². The van der Waals surface area contributed by atoms with E-state index in [0.717, 1.165) is 11.8 Å². The number of hydrazone groups is 1. The van der Waals surface area contributed by atoms with Gasteiger partial charge in [0.1, 0.15) is 0 Å². The van der Waals surface area contributed by atoms with Crippen LogP contribution < -0.4 is 11.2 Å². The van der Waals surface area contributed by atoms with Crippen LogP contribution in [0.15, 0.2) is 5.10 Å². The van der Waals surface area contributed by atoms with Crippen LogP contribution in [0.3, 0.4) is 0 Å². The number of hydrogen-bond acceptors (Lipinski definition) is 2. The molecule has 3 N–H and O–H groups in total. The summed E-state index contributed by atoms with van der Waals surface area (Å²) in [5, 5.41) is 4.48. The number of nitrogens with zero attached hydrogens (tertiary/aromatic N) is 1. The number of fused-ring (bicyclic) bond motifs is 2. The highest BCUT2D eigenvalue weighted by atomic mass is 32.1. The van der Waals surface area contributed by atoms with Gasteiger partial charge in [-0.15, -0.1) is 0 Å². The molecular weight excluding hydrogens is 194 g/mol. The Morgan fingerprint density at radius 1 is 1.43 bits per heavy atom. The Labute approximate surface area is 90.1 Å². The molecule has 2 rings (SSSR count). The number of thiocarbonyl (C=S) groups is 1. The summed E-state index contributed by atoms with van der Waals surface area (Å²) in [5.74, 6) is 2.51. The third kappa shape index (κ3) is 1.90. The second kappa shape index (κ2) is 3.85. The first-order chi connectivity index (χ1) is 6.66. The molecule has 78 valence electrons. The summed E-state index contributed by atoms with van der Waals surface area (Å²) < 4.78 is 0. The summed E-state index contributed by atoms with van der Waals surface area (Å²) in [7, 11) is 0. The predicted molar refractivity (Wildman–Crippen MR) is 62.0 cm³/mol. The van der Waals surface area contributed by atoms with Crippen LogP contribution in [0.2, 0.25) is 0 Å². The van der Waals surface area contributed by atoms with Gasteiger partial charge in [-0.3, -0.25) is 5.43 Å². The maximum absolute atomic E-state index is 5.33. The SMILES string of the molecule is C/C(=N\NC(N)=S)C1CC2CCC1C2. The van der Waals surface area contributed by atoms with Crippen LogP contribution in [0.1, 0.15) is 32.6 Å². The molecule has 4 heteroatoms. The topological polar surface area (TPSA) is 50.4 Å². The fourth-order valence-corrected chi connectivity index (χ4v) is 3.03. The van der Waals surface area contributed by atoms with E-state index in [1.54, 1.807) is 0 Å². The predicted octanol–water partition coefficient (Wildman–Crippen LogP) is 1.63. The minimum atomic E-state index is 0.257. The zero-order valence-corrected chi connectivity index (χ0v) is 9.31. The van der Waals surface area contributed by atoms with Gasteiger partial charge >= 0.3 is 0 Å². The molecule has 0 heterocycles. The van der Waals surface area contributed by atoms with E-state index in [1.807, 2.05) is 0 Å². The lowest BCUT2D eigenvalue weighted by Gasteiger charge is -2.21. The van der Waals surface area contributed by atoms with Gasteiger partial charge < -0.3 is 5.73 Å². The quantitative estimate of drug-likeness (QED) is 0.415.